The molecule has 0 radical (unpaired) electrons. The van der Waals surface area contributed by atoms with Gasteiger partial charge in [0.25, 0.3) is 0 Å². The Morgan fingerprint density at radius 3 is 2.28 bits per heavy atom. The van der Waals surface area contributed by atoms with Crippen LogP contribution in [0.4, 0.5) is 0 Å². The summed E-state index contributed by atoms with van der Waals surface area (Å²) in [7, 11) is 0. The highest BCUT2D eigenvalue weighted by Crippen LogP contribution is 2.39. The average Bonchev–Trinajstić information content (AvgIpc) is 2.35. The molecular formula is C12H7Cl4NO. The second-order valence-electron chi connectivity index (χ2n) is 3.52. The smallest absolute Gasteiger partial charge is 0.129 e. The van der Waals surface area contributed by atoms with Gasteiger partial charge in [0.05, 0.1) is 27.4 Å². The Morgan fingerprint density at radius 1 is 0.944 bits per heavy atom. The quantitative estimate of drug-likeness (QED) is 0.633. The minimum absolute atomic E-state index is 0.196. The van der Waals surface area contributed by atoms with E-state index in [9.17, 15) is 5.11 Å². The molecule has 2 nitrogen and oxygen atoms in total. The molecule has 2 aromatic rings. The number of aliphatic hydroxyl groups excluding tert-OH is 1. The third-order valence-electron chi connectivity index (χ3n) is 2.40. The van der Waals surface area contributed by atoms with E-state index in [1.807, 2.05) is 0 Å². The van der Waals surface area contributed by atoms with Crippen LogP contribution < -0.4 is 0 Å². The fourth-order valence-corrected chi connectivity index (χ4v) is 2.41. The molecule has 94 valence electrons. The fraction of sp³-hybridized carbons (Fsp3) is 0.0833. The lowest BCUT2D eigenvalue weighted by molar-refractivity contribution is 0.282. The van der Waals surface area contributed by atoms with E-state index >= 15 is 0 Å². The van der Waals surface area contributed by atoms with Gasteiger partial charge in [-0.2, -0.15) is 0 Å². The third kappa shape index (κ3) is 2.58. The van der Waals surface area contributed by atoms with Crippen molar-refractivity contribution in [1.29, 1.82) is 0 Å². The van der Waals surface area contributed by atoms with Gasteiger partial charge in [-0.15, -0.1) is 0 Å². The van der Waals surface area contributed by atoms with Crippen molar-refractivity contribution in [3.63, 3.8) is 0 Å². The van der Waals surface area contributed by atoms with Crippen molar-refractivity contribution in [3.05, 3.63) is 50.0 Å². The molecule has 0 amide bonds. The average molecular weight is 323 g/mol. The maximum atomic E-state index is 9.32. The van der Waals surface area contributed by atoms with Crippen molar-refractivity contribution >= 4 is 46.4 Å². The zero-order valence-electron chi connectivity index (χ0n) is 8.92. The number of nitrogens with zero attached hydrogens (tertiary/aromatic N) is 1. The van der Waals surface area contributed by atoms with E-state index in [0.29, 0.717) is 26.9 Å². The zero-order valence-corrected chi connectivity index (χ0v) is 11.9. The van der Waals surface area contributed by atoms with Crippen LogP contribution in [-0.4, -0.2) is 10.1 Å². The Bertz CT molecular complexity index is 601. The molecule has 1 N–H and O–H groups in total. The molecule has 6 heteroatoms. The largest absolute Gasteiger partial charge is 0.392 e. The molecule has 1 heterocycles. The normalized spacial score (nSPS) is 10.7. The maximum Gasteiger partial charge on any atom is 0.129 e. The molecule has 2 rings (SSSR count). The van der Waals surface area contributed by atoms with Crippen LogP contribution in [0, 0.1) is 0 Å². The Balaban J connectivity index is 2.76. The lowest BCUT2D eigenvalue weighted by Crippen LogP contribution is -1.95. The van der Waals surface area contributed by atoms with Crippen molar-refractivity contribution in [2.45, 2.75) is 6.61 Å². The first kappa shape index (κ1) is 13.9. The first-order valence-electron chi connectivity index (χ1n) is 4.94. The van der Waals surface area contributed by atoms with Crippen LogP contribution in [-0.2, 0) is 6.61 Å². The minimum Gasteiger partial charge on any atom is -0.392 e. The molecule has 1 aromatic heterocycles. The van der Waals surface area contributed by atoms with E-state index in [1.165, 1.54) is 0 Å². The van der Waals surface area contributed by atoms with Gasteiger partial charge in [0.1, 0.15) is 5.15 Å². The van der Waals surface area contributed by atoms with E-state index in [1.54, 1.807) is 24.3 Å². The highest BCUT2D eigenvalue weighted by Gasteiger charge is 2.16. The van der Waals surface area contributed by atoms with Gasteiger partial charge in [-0.3, -0.25) is 0 Å². The van der Waals surface area contributed by atoms with Gasteiger partial charge in [0.15, 0.2) is 0 Å². The number of pyridine rings is 1. The summed E-state index contributed by atoms with van der Waals surface area (Å²) in [6, 6.07) is 6.47. The second-order valence-corrected chi connectivity index (χ2v) is 5.10. The number of aromatic nitrogens is 1. The number of hydrogen-bond acceptors (Lipinski definition) is 2. The van der Waals surface area contributed by atoms with Gasteiger partial charge in [-0.1, -0.05) is 52.5 Å². The summed E-state index contributed by atoms with van der Waals surface area (Å²) in [5, 5.41) is 10.7. The van der Waals surface area contributed by atoms with Crippen molar-refractivity contribution < 1.29 is 5.11 Å². The molecule has 0 aliphatic rings. The second kappa shape index (κ2) is 5.64. The minimum atomic E-state index is -0.196. The van der Waals surface area contributed by atoms with Crippen LogP contribution in [0.5, 0.6) is 0 Å². The summed E-state index contributed by atoms with van der Waals surface area (Å²) in [5.74, 6) is 0. The molecule has 1 aromatic carbocycles. The molecule has 0 aliphatic carbocycles. The predicted molar refractivity (Wildman–Crippen MR) is 75.6 cm³/mol. The molecule has 0 fully saturated rings. The molecular weight excluding hydrogens is 316 g/mol. The predicted octanol–water partition coefficient (Wildman–Crippen LogP) is 4.85. The standard InChI is InChI=1S/C12H7Cl4NO/c13-7-2-3-8(14)11(16)10(7)12-6(5-18)1-4-9(15)17-12/h1-4,18H,5H2. The summed E-state index contributed by atoms with van der Waals surface area (Å²) in [6.45, 7) is -0.196. The first-order chi connectivity index (χ1) is 8.54. The lowest BCUT2D eigenvalue weighted by Gasteiger charge is -2.11. The Kier molecular flexibility index (Phi) is 4.36. The highest BCUT2D eigenvalue weighted by molar-refractivity contribution is 6.46. The van der Waals surface area contributed by atoms with Crippen LogP contribution in [0.3, 0.4) is 0 Å². The summed E-state index contributed by atoms with van der Waals surface area (Å²) in [4.78, 5) is 4.15. The molecule has 0 unspecified atom stereocenters. The Hall–Kier alpha value is -0.510. The Morgan fingerprint density at radius 2 is 1.61 bits per heavy atom. The molecule has 0 saturated heterocycles. The van der Waals surface area contributed by atoms with E-state index in [2.05, 4.69) is 4.98 Å². The van der Waals surface area contributed by atoms with Gasteiger partial charge in [-0.25, -0.2) is 4.98 Å². The van der Waals surface area contributed by atoms with Gasteiger partial charge in [0.2, 0.25) is 0 Å². The van der Waals surface area contributed by atoms with Crippen LogP contribution in [0.25, 0.3) is 11.3 Å². The van der Waals surface area contributed by atoms with Crippen molar-refractivity contribution in [2.24, 2.45) is 0 Å². The SMILES string of the molecule is OCc1ccc(Cl)nc1-c1c(Cl)ccc(Cl)c1Cl. The number of hydrogen-bond donors (Lipinski definition) is 1. The zero-order chi connectivity index (χ0) is 13.3. The van der Waals surface area contributed by atoms with Crippen LogP contribution in [0.2, 0.25) is 20.2 Å². The van der Waals surface area contributed by atoms with E-state index in [4.69, 9.17) is 46.4 Å². The van der Waals surface area contributed by atoms with Crippen LogP contribution >= 0.6 is 46.4 Å². The number of halogens is 4. The molecule has 0 aliphatic heterocycles. The van der Waals surface area contributed by atoms with E-state index in [-0.39, 0.29) is 16.8 Å². The van der Waals surface area contributed by atoms with Gasteiger partial charge >= 0.3 is 0 Å². The lowest BCUT2D eigenvalue weighted by atomic mass is 10.1. The summed E-state index contributed by atoms with van der Waals surface area (Å²) in [6.07, 6.45) is 0. The Labute approximate surface area is 124 Å². The first-order valence-corrected chi connectivity index (χ1v) is 6.46. The van der Waals surface area contributed by atoms with Crippen LogP contribution in [0.15, 0.2) is 24.3 Å². The summed E-state index contributed by atoms with van der Waals surface area (Å²) < 4.78 is 0. The summed E-state index contributed by atoms with van der Waals surface area (Å²) in [5.41, 5.74) is 1.48. The maximum absolute atomic E-state index is 9.32. The number of aliphatic hydroxyl groups is 1. The summed E-state index contributed by atoms with van der Waals surface area (Å²) >= 11 is 24.1. The van der Waals surface area contributed by atoms with Gasteiger partial charge in [0, 0.05) is 11.1 Å². The van der Waals surface area contributed by atoms with Crippen molar-refractivity contribution in [1.82, 2.24) is 4.98 Å². The topological polar surface area (TPSA) is 33.1 Å². The monoisotopic (exact) mass is 321 g/mol. The highest BCUT2D eigenvalue weighted by atomic mass is 35.5. The molecule has 18 heavy (non-hydrogen) atoms. The van der Waals surface area contributed by atoms with Gasteiger partial charge < -0.3 is 5.11 Å². The molecule has 0 spiro atoms. The molecule has 0 saturated carbocycles. The van der Waals surface area contributed by atoms with Crippen molar-refractivity contribution in [3.8, 4) is 11.3 Å². The van der Waals surface area contributed by atoms with E-state index < -0.39 is 0 Å². The van der Waals surface area contributed by atoms with Gasteiger partial charge in [-0.05, 0) is 18.2 Å². The molecule has 0 atom stereocenters. The van der Waals surface area contributed by atoms with Crippen molar-refractivity contribution in [2.75, 3.05) is 0 Å². The third-order valence-corrected chi connectivity index (χ3v) is 3.73. The molecule has 0 bridgehead atoms. The fourth-order valence-electron chi connectivity index (χ4n) is 1.55. The van der Waals surface area contributed by atoms with E-state index in [0.717, 1.165) is 0 Å². The van der Waals surface area contributed by atoms with Crippen LogP contribution in [0.1, 0.15) is 5.56 Å². The number of benzene rings is 1. The number of rotatable bonds is 2.